The normalized spacial score (nSPS) is 11.6. The summed E-state index contributed by atoms with van der Waals surface area (Å²) in [6, 6.07) is 1.80. The van der Waals surface area contributed by atoms with E-state index >= 15 is 0 Å². The van der Waals surface area contributed by atoms with Crippen LogP contribution in [0.3, 0.4) is 0 Å². The van der Waals surface area contributed by atoms with Crippen molar-refractivity contribution in [3.8, 4) is 0 Å². The molecule has 0 amide bonds. The fraction of sp³-hybridized carbons (Fsp3) is 0.556. The van der Waals surface area contributed by atoms with Crippen LogP contribution in [0.5, 0.6) is 0 Å². The number of aliphatic carboxylic acids is 1. The Morgan fingerprint density at radius 1 is 1.59 bits per heavy atom. The standard InChI is InChI=1S/C9H15N3O4S/c1-12-6-3-8(11-12)2-5-10-17(15,16)7-4-9(13)14/h3,6,10H,2,4-5,7H2,1H3,(H,13,14). The number of hydrogen-bond acceptors (Lipinski definition) is 4. The molecule has 0 bridgehead atoms. The van der Waals surface area contributed by atoms with E-state index in [0.717, 1.165) is 5.69 Å². The van der Waals surface area contributed by atoms with Crippen LogP contribution in [-0.2, 0) is 28.3 Å². The molecular weight excluding hydrogens is 246 g/mol. The molecule has 0 aliphatic heterocycles. The van der Waals surface area contributed by atoms with E-state index in [-0.39, 0.29) is 13.0 Å². The summed E-state index contributed by atoms with van der Waals surface area (Å²) in [7, 11) is -1.73. The molecule has 1 heterocycles. The van der Waals surface area contributed by atoms with Crippen LogP contribution in [0, 0.1) is 0 Å². The van der Waals surface area contributed by atoms with Crippen molar-refractivity contribution < 1.29 is 18.3 Å². The van der Waals surface area contributed by atoms with Crippen molar-refractivity contribution >= 4 is 16.0 Å². The van der Waals surface area contributed by atoms with Gasteiger partial charge in [-0.1, -0.05) is 0 Å². The predicted octanol–water partition coefficient (Wildman–Crippen LogP) is -0.643. The summed E-state index contributed by atoms with van der Waals surface area (Å²) in [5, 5.41) is 12.5. The van der Waals surface area contributed by atoms with Crippen molar-refractivity contribution in [3.63, 3.8) is 0 Å². The summed E-state index contributed by atoms with van der Waals surface area (Å²) in [4.78, 5) is 10.2. The Kier molecular flexibility index (Phi) is 4.64. The first kappa shape index (κ1) is 13.7. The van der Waals surface area contributed by atoms with Crippen LogP contribution in [0.2, 0.25) is 0 Å². The number of hydrogen-bond donors (Lipinski definition) is 2. The molecule has 2 N–H and O–H groups in total. The van der Waals surface area contributed by atoms with Gasteiger partial charge in [-0.05, 0) is 6.07 Å². The number of carbonyl (C=O) groups is 1. The lowest BCUT2D eigenvalue weighted by molar-refractivity contribution is -0.136. The summed E-state index contributed by atoms with van der Waals surface area (Å²) in [5.41, 5.74) is 0.786. The van der Waals surface area contributed by atoms with Crippen LogP contribution in [-0.4, -0.2) is 41.6 Å². The van der Waals surface area contributed by atoms with E-state index in [1.807, 2.05) is 0 Å². The fourth-order valence-corrected chi connectivity index (χ4v) is 2.23. The Hall–Kier alpha value is -1.41. The molecule has 7 nitrogen and oxygen atoms in total. The smallest absolute Gasteiger partial charge is 0.304 e. The molecule has 0 unspecified atom stereocenters. The average Bonchev–Trinajstić information content (AvgIpc) is 2.61. The maximum Gasteiger partial charge on any atom is 0.304 e. The molecule has 1 aromatic rings. The first-order chi connectivity index (χ1) is 7.89. The number of aromatic nitrogens is 2. The Bertz CT molecular complexity index is 480. The SMILES string of the molecule is Cn1ccc(CCNS(=O)(=O)CCC(=O)O)n1. The highest BCUT2D eigenvalue weighted by molar-refractivity contribution is 7.89. The van der Waals surface area contributed by atoms with Gasteiger partial charge in [-0.15, -0.1) is 0 Å². The number of carboxylic acid groups (broad SMARTS) is 1. The van der Waals surface area contributed by atoms with Crippen LogP contribution < -0.4 is 4.72 Å². The highest BCUT2D eigenvalue weighted by Crippen LogP contribution is 1.96. The number of rotatable bonds is 7. The largest absolute Gasteiger partial charge is 0.481 e. The number of carboxylic acids is 1. The maximum atomic E-state index is 11.3. The molecule has 0 saturated carbocycles. The second-order valence-corrected chi connectivity index (χ2v) is 5.51. The van der Waals surface area contributed by atoms with Gasteiger partial charge in [-0.2, -0.15) is 5.10 Å². The molecule has 0 aromatic carbocycles. The number of nitrogens with zero attached hydrogens (tertiary/aromatic N) is 2. The lowest BCUT2D eigenvalue weighted by atomic mass is 10.3. The van der Waals surface area contributed by atoms with E-state index in [1.54, 1.807) is 24.0 Å². The molecule has 0 atom stereocenters. The van der Waals surface area contributed by atoms with Crippen molar-refractivity contribution in [1.82, 2.24) is 14.5 Å². The maximum absolute atomic E-state index is 11.3. The van der Waals surface area contributed by atoms with Crippen molar-refractivity contribution in [1.29, 1.82) is 0 Å². The van der Waals surface area contributed by atoms with E-state index in [9.17, 15) is 13.2 Å². The summed E-state index contributed by atoms with van der Waals surface area (Å²) in [6.45, 7) is 0.221. The molecule has 8 heteroatoms. The summed E-state index contributed by atoms with van der Waals surface area (Å²) in [6.07, 6.45) is 1.86. The topological polar surface area (TPSA) is 101 Å². The zero-order valence-electron chi connectivity index (χ0n) is 9.46. The van der Waals surface area contributed by atoms with Crippen molar-refractivity contribution in [3.05, 3.63) is 18.0 Å². The van der Waals surface area contributed by atoms with Crippen LogP contribution in [0.15, 0.2) is 12.3 Å². The van der Waals surface area contributed by atoms with Gasteiger partial charge >= 0.3 is 5.97 Å². The first-order valence-electron chi connectivity index (χ1n) is 5.07. The van der Waals surface area contributed by atoms with Gasteiger partial charge in [0, 0.05) is 26.2 Å². The predicted molar refractivity (Wildman–Crippen MR) is 61.0 cm³/mol. The Labute approximate surface area is 99.5 Å². The first-order valence-corrected chi connectivity index (χ1v) is 6.72. The van der Waals surface area contributed by atoms with Gasteiger partial charge in [0.05, 0.1) is 17.9 Å². The number of aryl methyl sites for hydroxylation is 1. The minimum Gasteiger partial charge on any atom is -0.481 e. The molecule has 0 saturated heterocycles. The molecular formula is C9H15N3O4S. The third kappa shape index (κ3) is 5.45. The quantitative estimate of drug-likeness (QED) is 0.679. The van der Waals surface area contributed by atoms with Gasteiger partial charge in [0.2, 0.25) is 10.0 Å². The van der Waals surface area contributed by atoms with E-state index in [4.69, 9.17) is 5.11 Å². The fourth-order valence-electron chi connectivity index (χ4n) is 1.22. The Morgan fingerprint density at radius 3 is 2.82 bits per heavy atom. The minimum atomic E-state index is -3.51. The monoisotopic (exact) mass is 261 g/mol. The van der Waals surface area contributed by atoms with Crippen molar-refractivity contribution in [2.24, 2.45) is 7.05 Å². The molecule has 1 aromatic heterocycles. The molecule has 17 heavy (non-hydrogen) atoms. The molecule has 96 valence electrons. The van der Waals surface area contributed by atoms with E-state index in [0.29, 0.717) is 6.42 Å². The van der Waals surface area contributed by atoms with Crippen LogP contribution >= 0.6 is 0 Å². The van der Waals surface area contributed by atoms with E-state index in [2.05, 4.69) is 9.82 Å². The second kappa shape index (κ2) is 5.78. The van der Waals surface area contributed by atoms with Crippen molar-refractivity contribution in [2.75, 3.05) is 12.3 Å². The van der Waals surface area contributed by atoms with Gasteiger partial charge in [0.15, 0.2) is 0 Å². The highest BCUT2D eigenvalue weighted by atomic mass is 32.2. The molecule has 0 aliphatic rings. The molecule has 0 aliphatic carbocycles. The molecule has 0 spiro atoms. The summed E-state index contributed by atoms with van der Waals surface area (Å²) < 4.78 is 26.6. The minimum absolute atomic E-state index is 0.221. The van der Waals surface area contributed by atoms with Crippen LogP contribution in [0.1, 0.15) is 12.1 Å². The zero-order chi connectivity index (χ0) is 12.9. The average molecular weight is 261 g/mol. The van der Waals surface area contributed by atoms with Gasteiger partial charge in [0.25, 0.3) is 0 Å². The van der Waals surface area contributed by atoms with Gasteiger partial charge in [0.1, 0.15) is 0 Å². The Morgan fingerprint density at radius 2 is 2.29 bits per heavy atom. The van der Waals surface area contributed by atoms with E-state index < -0.39 is 21.7 Å². The number of sulfonamides is 1. The summed E-state index contributed by atoms with van der Waals surface area (Å²) in [5.74, 6) is -1.52. The molecule has 0 radical (unpaired) electrons. The lowest BCUT2D eigenvalue weighted by Gasteiger charge is -2.03. The van der Waals surface area contributed by atoms with Crippen molar-refractivity contribution in [2.45, 2.75) is 12.8 Å². The number of nitrogens with one attached hydrogen (secondary N) is 1. The molecule has 1 rings (SSSR count). The highest BCUT2D eigenvalue weighted by Gasteiger charge is 2.12. The summed E-state index contributed by atoms with van der Waals surface area (Å²) >= 11 is 0. The molecule has 0 fully saturated rings. The lowest BCUT2D eigenvalue weighted by Crippen LogP contribution is -2.29. The third-order valence-corrected chi connectivity index (χ3v) is 3.44. The van der Waals surface area contributed by atoms with Gasteiger partial charge in [-0.25, -0.2) is 13.1 Å². The van der Waals surface area contributed by atoms with Gasteiger partial charge in [-0.3, -0.25) is 9.48 Å². The Balaban J connectivity index is 2.32. The third-order valence-electron chi connectivity index (χ3n) is 2.06. The zero-order valence-corrected chi connectivity index (χ0v) is 10.3. The second-order valence-electron chi connectivity index (χ2n) is 3.59. The van der Waals surface area contributed by atoms with Crippen LogP contribution in [0.25, 0.3) is 0 Å². The van der Waals surface area contributed by atoms with E-state index in [1.165, 1.54) is 0 Å². The van der Waals surface area contributed by atoms with Gasteiger partial charge < -0.3 is 5.11 Å². The van der Waals surface area contributed by atoms with Crippen LogP contribution in [0.4, 0.5) is 0 Å².